The molecule has 4 heteroatoms. The molecule has 0 unspecified atom stereocenters. The summed E-state index contributed by atoms with van der Waals surface area (Å²) in [7, 11) is 0. The molecule has 0 aliphatic carbocycles. The van der Waals surface area contributed by atoms with Crippen LogP contribution in [0.15, 0.2) is 54.9 Å². The van der Waals surface area contributed by atoms with Crippen LogP contribution in [-0.2, 0) is 6.42 Å². The second kappa shape index (κ2) is 8.06. The molecule has 3 rings (SSSR count). The predicted molar refractivity (Wildman–Crippen MR) is 98.3 cm³/mol. The zero-order chi connectivity index (χ0) is 15.9. The zero-order valence-electron chi connectivity index (χ0n) is 13.3. The Hall–Kier alpha value is -1.94. The van der Waals surface area contributed by atoms with Crippen LogP contribution in [0.3, 0.4) is 0 Å². The first-order chi connectivity index (χ1) is 11.3. The molecule has 1 fully saturated rings. The van der Waals surface area contributed by atoms with Crippen molar-refractivity contribution in [2.45, 2.75) is 31.7 Å². The van der Waals surface area contributed by atoms with Gasteiger partial charge in [-0.3, -0.25) is 4.98 Å². The molecule has 0 bridgehead atoms. The summed E-state index contributed by atoms with van der Waals surface area (Å²) in [5.41, 5.74) is 2.60. The fraction of sp³-hybridized carbons (Fsp3) is 0.368. The van der Waals surface area contributed by atoms with Gasteiger partial charge >= 0.3 is 0 Å². The molecule has 1 atom stereocenters. The van der Waals surface area contributed by atoms with E-state index in [0.29, 0.717) is 6.04 Å². The number of thiocarbonyl (C=S) groups is 1. The quantitative estimate of drug-likeness (QED) is 0.867. The van der Waals surface area contributed by atoms with Crippen molar-refractivity contribution in [1.29, 1.82) is 0 Å². The molecule has 1 aromatic carbocycles. The molecule has 1 aliphatic heterocycles. The molecule has 120 valence electrons. The van der Waals surface area contributed by atoms with Crippen LogP contribution in [0.5, 0.6) is 0 Å². The summed E-state index contributed by atoms with van der Waals surface area (Å²) in [5.74, 6) is 0. The monoisotopic (exact) mass is 325 g/mol. The van der Waals surface area contributed by atoms with Crippen LogP contribution < -0.4 is 5.32 Å². The number of hydrogen-bond acceptors (Lipinski definition) is 2. The molecule has 0 saturated carbocycles. The van der Waals surface area contributed by atoms with Crippen molar-refractivity contribution in [1.82, 2.24) is 15.2 Å². The SMILES string of the molecule is S=C(NCCc1ccccc1)N1CCCC[C@@H]1c1cccnc1. The standard InChI is InChI=1S/C19H23N3S/c23-19(21-13-11-16-7-2-1-3-8-16)22-14-5-4-10-18(22)17-9-6-12-20-15-17/h1-3,6-9,12,15,18H,4-5,10-11,13-14H2,(H,21,23)/t18-/m1/s1. The van der Waals surface area contributed by atoms with Crippen LogP contribution in [0, 0.1) is 0 Å². The van der Waals surface area contributed by atoms with Crippen molar-refractivity contribution < 1.29 is 0 Å². The minimum Gasteiger partial charge on any atom is -0.362 e. The molecule has 2 heterocycles. The van der Waals surface area contributed by atoms with E-state index in [0.717, 1.165) is 31.0 Å². The van der Waals surface area contributed by atoms with E-state index in [2.05, 4.69) is 45.5 Å². The van der Waals surface area contributed by atoms with E-state index in [9.17, 15) is 0 Å². The molecule has 3 nitrogen and oxygen atoms in total. The van der Waals surface area contributed by atoms with Gasteiger partial charge in [0, 0.05) is 25.5 Å². The Kier molecular flexibility index (Phi) is 5.59. The smallest absolute Gasteiger partial charge is 0.169 e. The van der Waals surface area contributed by atoms with Crippen LogP contribution in [0.1, 0.15) is 36.4 Å². The average Bonchev–Trinajstić information content (AvgIpc) is 2.63. The summed E-state index contributed by atoms with van der Waals surface area (Å²) < 4.78 is 0. The Morgan fingerprint density at radius 1 is 1.17 bits per heavy atom. The number of nitrogens with zero attached hydrogens (tertiary/aromatic N) is 2. The van der Waals surface area contributed by atoms with Crippen molar-refractivity contribution in [2.75, 3.05) is 13.1 Å². The van der Waals surface area contributed by atoms with E-state index < -0.39 is 0 Å². The van der Waals surface area contributed by atoms with Crippen LogP contribution in [-0.4, -0.2) is 28.1 Å². The number of likely N-dealkylation sites (tertiary alicyclic amines) is 1. The highest BCUT2D eigenvalue weighted by molar-refractivity contribution is 7.80. The predicted octanol–water partition coefficient (Wildman–Crippen LogP) is 3.73. The van der Waals surface area contributed by atoms with E-state index in [4.69, 9.17) is 12.2 Å². The van der Waals surface area contributed by atoms with E-state index in [1.54, 1.807) is 0 Å². The van der Waals surface area contributed by atoms with Gasteiger partial charge in [-0.25, -0.2) is 0 Å². The van der Waals surface area contributed by atoms with Crippen molar-refractivity contribution in [3.8, 4) is 0 Å². The summed E-state index contributed by atoms with van der Waals surface area (Å²) >= 11 is 5.66. The number of piperidine rings is 1. The molecule has 2 aromatic rings. The lowest BCUT2D eigenvalue weighted by Crippen LogP contribution is -2.45. The number of nitrogens with one attached hydrogen (secondary N) is 1. The second-order valence-corrected chi connectivity index (χ2v) is 6.35. The first-order valence-corrected chi connectivity index (χ1v) is 8.74. The van der Waals surface area contributed by atoms with Gasteiger partial charge in [-0.05, 0) is 55.1 Å². The summed E-state index contributed by atoms with van der Waals surface area (Å²) in [6.07, 6.45) is 8.39. The van der Waals surface area contributed by atoms with Gasteiger partial charge in [-0.2, -0.15) is 0 Å². The third-order valence-electron chi connectivity index (χ3n) is 4.37. The van der Waals surface area contributed by atoms with Crippen LogP contribution in [0.4, 0.5) is 0 Å². The average molecular weight is 325 g/mol. The fourth-order valence-electron chi connectivity index (χ4n) is 3.15. The molecular formula is C19H23N3S. The minimum absolute atomic E-state index is 0.356. The maximum atomic E-state index is 5.66. The van der Waals surface area contributed by atoms with Gasteiger partial charge in [0.2, 0.25) is 0 Å². The van der Waals surface area contributed by atoms with Gasteiger partial charge in [0.25, 0.3) is 0 Å². The molecule has 1 aliphatic rings. The number of pyridine rings is 1. The maximum absolute atomic E-state index is 5.66. The molecular weight excluding hydrogens is 302 g/mol. The Morgan fingerprint density at radius 3 is 2.83 bits per heavy atom. The Labute approximate surface area is 143 Å². The van der Waals surface area contributed by atoms with Crippen molar-refractivity contribution in [3.63, 3.8) is 0 Å². The van der Waals surface area contributed by atoms with Gasteiger partial charge in [0.1, 0.15) is 0 Å². The van der Waals surface area contributed by atoms with Crippen LogP contribution >= 0.6 is 12.2 Å². The Morgan fingerprint density at radius 2 is 2.04 bits per heavy atom. The zero-order valence-corrected chi connectivity index (χ0v) is 14.1. The van der Waals surface area contributed by atoms with Crippen molar-refractivity contribution in [3.05, 3.63) is 66.0 Å². The molecule has 0 radical (unpaired) electrons. The molecule has 1 N–H and O–H groups in total. The third-order valence-corrected chi connectivity index (χ3v) is 4.74. The number of hydrogen-bond donors (Lipinski definition) is 1. The van der Waals surface area contributed by atoms with E-state index in [-0.39, 0.29) is 0 Å². The van der Waals surface area contributed by atoms with E-state index in [1.165, 1.54) is 24.0 Å². The second-order valence-electron chi connectivity index (χ2n) is 5.96. The van der Waals surface area contributed by atoms with Gasteiger partial charge in [0.05, 0.1) is 6.04 Å². The highest BCUT2D eigenvalue weighted by Crippen LogP contribution is 2.30. The maximum Gasteiger partial charge on any atom is 0.169 e. The summed E-state index contributed by atoms with van der Waals surface area (Å²) in [6, 6.07) is 15.0. The molecule has 1 aromatic heterocycles. The van der Waals surface area contributed by atoms with Gasteiger partial charge in [-0.15, -0.1) is 0 Å². The third kappa shape index (κ3) is 4.29. The normalized spacial score (nSPS) is 17.7. The first kappa shape index (κ1) is 15.9. The van der Waals surface area contributed by atoms with Crippen molar-refractivity contribution in [2.24, 2.45) is 0 Å². The van der Waals surface area contributed by atoms with Gasteiger partial charge in [0.15, 0.2) is 5.11 Å². The largest absolute Gasteiger partial charge is 0.362 e. The van der Waals surface area contributed by atoms with E-state index >= 15 is 0 Å². The topological polar surface area (TPSA) is 28.2 Å². The minimum atomic E-state index is 0.356. The van der Waals surface area contributed by atoms with Crippen LogP contribution in [0.2, 0.25) is 0 Å². The molecule has 1 saturated heterocycles. The van der Waals surface area contributed by atoms with Gasteiger partial charge < -0.3 is 10.2 Å². The van der Waals surface area contributed by atoms with E-state index in [1.807, 2.05) is 24.5 Å². The highest BCUT2D eigenvalue weighted by atomic mass is 32.1. The highest BCUT2D eigenvalue weighted by Gasteiger charge is 2.25. The summed E-state index contributed by atoms with van der Waals surface area (Å²) in [5, 5.41) is 4.31. The Bertz CT molecular complexity index is 615. The first-order valence-electron chi connectivity index (χ1n) is 8.33. The molecule has 0 spiro atoms. The number of aromatic nitrogens is 1. The fourth-order valence-corrected chi connectivity index (χ4v) is 3.47. The lowest BCUT2D eigenvalue weighted by molar-refractivity contribution is 0.242. The summed E-state index contributed by atoms with van der Waals surface area (Å²) in [6.45, 7) is 1.90. The van der Waals surface area contributed by atoms with Gasteiger partial charge in [-0.1, -0.05) is 36.4 Å². The molecule has 23 heavy (non-hydrogen) atoms. The summed E-state index contributed by atoms with van der Waals surface area (Å²) in [4.78, 5) is 6.60. The lowest BCUT2D eigenvalue weighted by atomic mass is 9.97. The molecule has 0 amide bonds. The number of rotatable bonds is 4. The van der Waals surface area contributed by atoms with Crippen LogP contribution in [0.25, 0.3) is 0 Å². The Balaban J connectivity index is 1.58. The lowest BCUT2D eigenvalue weighted by Gasteiger charge is -2.37. The number of benzene rings is 1. The van der Waals surface area contributed by atoms with Crippen molar-refractivity contribution >= 4 is 17.3 Å².